The highest BCUT2D eigenvalue weighted by Crippen LogP contribution is 2.27. The van der Waals surface area contributed by atoms with Crippen molar-refractivity contribution in [3.63, 3.8) is 0 Å². The summed E-state index contributed by atoms with van der Waals surface area (Å²) in [7, 11) is 0. The predicted octanol–water partition coefficient (Wildman–Crippen LogP) is 1.80. The van der Waals surface area contributed by atoms with Crippen LogP contribution in [0, 0.1) is 5.41 Å². The number of aryl methyl sites for hydroxylation is 1. The highest BCUT2D eigenvalue weighted by molar-refractivity contribution is 7.15. The molecule has 0 saturated carbocycles. The van der Waals surface area contributed by atoms with Crippen molar-refractivity contribution in [3.8, 4) is 0 Å². The van der Waals surface area contributed by atoms with Crippen molar-refractivity contribution in [2.24, 2.45) is 11.1 Å². The number of aromatic nitrogens is 2. The Bertz CT molecular complexity index is 365. The molecule has 3 N–H and O–H groups in total. The molecule has 0 unspecified atom stereocenters. The maximum Gasteiger partial charge on any atom is 0.233 e. The average Bonchev–Trinajstić information content (AvgIpc) is 2.80. The molecule has 1 aromatic rings. The van der Waals surface area contributed by atoms with Crippen LogP contribution in [0.15, 0.2) is 0 Å². The van der Waals surface area contributed by atoms with Crippen LogP contribution in [0.5, 0.6) is 0 Å². The third-order valence-electron chi connectivity index (χ3n) is 3.22. The number of nitrogens with two attached hydrogens (primary N) is 1. The van der Waals surface area contributed by atoms with Crippen molar-refractivity contribution in [2.75, 3.05) is 11.9 Å². The topological polar surface area (TPSA) is 80.9 Å². The number of carbonyl (C=O) groups excluding carboxylic acids is 1. The highest BCUT2D eigenvalue weighted by atomic mass is 32.1. The number of carbonyl (C=O) groups is 1. The largest absolute Gasteiger partial charge is 0.329 e. The van der Waals surface area contributed by atoms with Crippen molar-refractivity contribution >= 4 is 22.4 Å². The normalized spacial score (nSPS) is 11.5. The van der Waals surface area contributed by atoms with E-state index in [9.17, 15) is 4.79 Å². The number of hydrogen-bond acceptors (Lipinski definition) is 5. The van der Waals surface area contributed by atoms with Crippen LogP contribution in [0.4, 0.5) is 5.13 Å². The minimum Gasteiger partial charge on any atom is -0.329 e. The summed E-state index contributed by atoms with van der Waals surface area (Å²) in [5, 5.41) is 12.2. The molecule has 0 saturated heterocycles. The molecule has 0 aliphatic rings. The Balaban J connectivity index is 2.76. The molecule has 0 fully saturated rings. The second-order valence-electron chi connectivity index (χ2n) is 4.00. The van der Waals surface area contributed by atoms with E-state index in [1.165, 1.54) is 11.3 Å². The summed E-state index contributed by atoms with van der Waals surface area (Å²) in [6.07, 6.45) is 2.29. The molecule has 96 valence electrons. The monoisotopic (exact) mass is 256 g/mol. The van der Waals surface area contributed by atoms with Gasteiger partial charge in [-0.3, -0.25) is 10.1 Å². The summed E-state index contributed by atoms with van der Waals surface area (Å²) in [6.45, 7) is 6.32. The zero-order chi connectivity index (χ0) is 12.9. The number of amides is 1. The van der Waals surface area contributed by atoms with E-state index >= 15 is 0 Å². The van der Waals surface area contributed by atoms with Gasteiger partial charge in [-0.05, 0) is 19.3 Å². The van der Waals surface area contributed by atoms with Gasteiger partial charge in [0.2, 0.25) is 11.0 Å². The minimum atomic E-state index is -0.488. The second kappa shape index (κ2) is 6.07. The Morgan fingerprint density at radius 2 is 2.00 bits per heavy atom. The van der Waals surface area contributed by atoms with Crippen molar-refractivity contribution < 1.29 is 4.79 Å². The van der Waals surface area contributed by atoms with Crippen LogP contribution in [0.25, 0.3) is 0 Å². The zero-order valence-corrected chi connectivity index (χ0v) is 11.4. The molecular weight excluding hydrogens is 236 g/mol. The van der Waals surface area contributed by atoms with Crippen LogP contribution in [0.1, 0.15) is 38.6 Å². The molecule has 0 aromatic carbocycles. The van der Waals surface area contributed by atoms with Gasteiger partial charge in [-0.15, -0.1) is 10.2 Å². The Kier molecular flexibility index (Phi) is 5.02. The van der Waals surface area contributed by atoms with Gasteiger partial charge in [0, 0.05) is 6.54 Å². The van der Waals surface area contributed by atoms with Gasteiger partial charge in [0.1, 0.15) is 5.01 Å². The van der Waals surface area contributed by atoms with Crippen molar-refractivity contribution in [1.29, 1.82) is 0 Å². The maximum absolute atomic E-state index is 12.2. The lowest BCUT2D eigenvalue weighted by Gasteiger charge is -2.27. The number of nitrogens with one attached hydrogen (secondary N) is 1. The van der Waals surface area contributed by atoms with Gasteiger partial charge < -0.3 is 5.73 Å². The van der Waals surface area contributed by atoms with Crippen LogP contribution >= 0.6 is 11.3 Å². The van der Waals surface area contributed by atoms with Gasteiger partial charge in [-0.25, -0.2) is 0 Å². The van der Waals surface area contributed by atoms with E-state index in [2.05, 4.69) is 15.5 Å². The molecule has 1 amide bonds. The number of rotatable bonds is 6. The molecule has 0 aliphatic heterocycles. The first kappa shape index (κ1) is 14.1. The number of anilines is 1. The highest BCUT2D eigenvalue weighted by Gasteiger charge is 2.33. The van der Waals surface area contributed by atoms with Crippen LogP contribution in [0.2, 0.25) is 0 Å². The SMILES string of the molecule is CCc1nnc(NC(=O)C(CC)(CC)CN)s1. The van der Waals surface area contributed by atoms with Crippen LogP contribution in [-0.4, -0.2) is 22.6 Å². The molecule has 1 rings (SSSR count). The molecule has 0 atom stereocenters. The molecule has 0 radical (unpaired) electrons. The van der Waals surface area contributed by atoms with E-state index < -0.39 is 5.41 Å². The van der Waals surface area contributed by atoms with Gasteiger partial charge in [-0.2, -0.15) is 0 Å². The van der Waals surface area contributed by atoms with E-state index in [0.717, 1.165) is 24.3 Å². The summed E-state index contributed by atoms with van der Waals surface area (Å²) in [5.74, 6) is -0.0520. The van der Waals surface area contributed by atoms with E-state index in [-0.39, 0.29) is 5.91 Å². The van der Waals surface area contributed by atoms with Gasteiger partial charge in [-0.1, -0.05) is 32.1 Å². The van der Waals surface area contributed by atoms with Gasteiger partial charge in [0.25, 0.3) is 0 Å². The molecule has 17 heavy (non-hydrogen) atoms. The molecular formula is C11H20N4OS. The van der Waals surface area contributed by atoms with Crippen molar-refractivity contribution in [2.45, 2.75) is 40.0 Å². The first-order valence-electron chi connectivity index (χ1n) is 5.95. The van der Waals surface area contributed by atoms with Crippen molar-refractivity contribution in [3.05, 3.63) is 5.01 Å². The first-order valence-corrected chi connectivity index (χ1v) is 6.77. The summed E-state index contributed by atoms with van der Waals surface area (Å²) in [4.78, 5) is 12.2. The summed E-state index contributed by atoms with van der Waals surface area (Å²) in [6, 6.07) is 0. The molecule has 6 heteroatoms. The zero-order valence-electron chi connectivity index (χ0n) is 10.6. The van der Waals surface area contributed by atoms with E-state index in [4.69, 9.17) is 5.73 Å². The summed E-state index contributed by atoms with van der Waals surface area (Å²) < 4.78 is 0. The second-order valence-corrected chi connectivity index (χ2v) is 5.06. The lowest BCUT2D eigenvalue weighted by molar-refractivity contribution is -0.125. The summed E-state index contributed by atoms with van der Waals surface area (Å²) in [5.41, 5.74) is 5.23. The number of hydrogen-bond donors (Lipinski definition) is 2. The molecule has 1 aromatic heterocycles. The molecule has 0 bridgehead atoms. The predicted molar refractivity (Wildman–Crippen MR) is 70.0 cm³/mol. The Morgan fingerprint density at radius 3 is 2.41 bits per heavy atom. The minimum absolute atomic E-state index is 0.0520. The third kappa shape index (κ3) is 3.01. The van der Waals surface area contributed by atoms with Crippen LogP contribution in [0.3, 0.4) is 0 Å². The fraction of sp³-hybridized carbons (Fsp3) is 0.727. The summed E-state index contributed by atoms with van der Waals surface area (Å²) >= 11 is 1.41. The average molecular weight is 256 g/mol. The van der Waals surface area contributed by atoms with Crippen LogP contribution < -0.4 is 11.1 Å². The maximum atomic E-state index is 12.2. The molecule has 5 nitrogen and oxygen atoms in total. The van der Waals surface area contributed by atoms with E-state index in [0.29, 0.717) is 11.7 Å². The smallest absolute Gasteiger partial charge is 0.233 e. The van der Waals surface area contributed by atoms with Gasteiger partial charge in [0.15, 0.2) is 0 Å². The van der Waals surface area contributed by atoms with Gasteiger partial charge in [0.05, 0.1) is 5.41 Å². The quantitative estimate of drug-likeness (QED) is 0.813. The fourth-order valence-corrected chi connectivity index (χ4v) is 2.30. The lowest BCUT2D eigenvalue weighted by Crippen LogP contribution is -2.41. The van der Waals surface area contributed by atoms with Crippen molar-refractivity contribution in [1.82, 2.24) is 10.2 Å². The molecule has 0 spiro atoms. The lowest BCUT2D eigenvalue weighted by atomic mass is 9.81. The molecule has 1 heterocycles. The Morgan fingerprint density at radius 1 is 1.35 bits per heavy atom. The van der Waals surface area contributed by atoms with E-state index in [1.807, 2.05) is 20.8 Å². The molecule has 0 aliphatic carbocycles. The third-order valence-corrected chi connectivity index (χ3v) is 4.20. The van der Waals surface area contributed by atoms with Crippen LogP contribution in [-0.2, 0) is 11.2 Å². The fourth-order valence-electron chi connectivity index (χ4n) is 1.63. The standard InChI is InChI=1S/C11H20N4OS/c1-4-8-14-15-10(17-8)13-9(16)11(5-2,6-3)7-12/h4-7,12H2,1-3H3,(H,13,15,16). The Hall–Kier alpha value is -1.01. The first-order chi connectivity index (χ1) is 8.11. The Labute approximate surface area is 106 Å². The van der Waals surface area contributed by atoms with Gasteiger partial charge >= 0.3 is 0 Å². The number of nitrogens with zero attached hydrogens (tertiary/aromatic N) is 2. The van der Waals surface area contributed by atoms with E-state index in [1.54, 1.807) is 0 Å².